The molecule has 1 saturated heterocycles. The zero-order valence-corrected chi connectivity index (χ0v) is 16.0. The number of rotatable bonds is 6. The van der Waals surface area contributed by atoms with Gasteiger partial charge in [-0.1, -0.05) is 20.8 Å². The van der Waals surface area contributed by atoms with Crippen molar-refractivity contribution in [2.45, 2.75) is 58.5 Å². The molecule has 0 spiro atoms. The van der Waals surface area contributed by atoms with Gasteiger partial charge in [0, 0.05) is 41.9 Å². The summed E-state index contributed by atoms with van der Waals surface area (Å²) in [7, 11) is -3.03. The van der Waals surface area contributed by atoms with Crippen molar-refractivity contribution >= 4 is 21.6 Å². The Morgan fingerprint density at radius 3 is 2.43 bits per heavy atom. The Balaban J connectivity index is 2.92. The van der Waals surface area contributed by atoms with Gasteiger partial charge in [0.1, 0.15) is 5.37 Å². The van der Waals surface area contributed by atoms with Crippen LogP contribution in [-0.2, 0) is 9.84 Å². The van der Waals surface area contributed by atoms with Gasteiger partial charge in [0.05, 0.1) is 0 Å². The van der Waals surface area contributed by atoms with E-state index in [1.807, 2.05) is 0 Å². The number of nitrogens with one attached hydrogen (secondary N) is 1. The monoisotopic (exact) mass is 336 g/mol. The molecule has 0 aromatic carbocycles. The van der Waals surface area contributed by atoms with E-state index in [1.54, 1.807) is 18.7 Å². The molecule has 21 heavy (non-hydrogen) atoms. The second-order valence-electron chi connectivity index (χ2n) is 7.16. The first kappa shape index (κ1) is 19.3. The normalized spacial score (nSPS) is 23.5. The molecule has 1 fully saturated rings. The Kier molecular flexibility index (Phi) is 7.03. The first-order valence-electron chi connectivity index (χ1n) is 7.88. The lowest BCUT2D eigenvalue weighted by atomic mass is 10.0. The number of thioether (sulfide) groups is 1. The van der Waals surface area contributed by atoms with Crippen molar-refractivity contribution in [3.8, 4) is 0 Å². The molecule has 0 amide bonds. The molecule has 0 aliphatic carbocycles. The fourth-order valence-corrected chi connectivity index (χ4v) is 5.70. The van der Waals surface area contributed by atoms with Gasteiger partial charge in [0.15, 0.2) is 9.84 Å². The lowest BCUT2D eigenvalue weighted by Gasteiger charge is -2.43. The Bertz CT molecular complexity index is 416. The van der Waals surface area contributed by atoms with Crippen LogP contribution in [0.1, 0.15) is 41.5 Å². The van der Waals surface area contributed by atoms with Gasteiger partial charge in [-0.15, -0.1) is 0 Å². The molecule has 1 rings (SSSR count). The zero-order valence-electron chi connectivity index (χ0n) is 14.3. The number of sulfone groups is 1. The van der Waals surface area contributed by atoms with Gasteiger partial charge in [0.2, 0.25) is 0 Å². The van der Waals surface area contributed by atoms with Crippen LogP contribution in [0.4, 0.5) is 0 Å². The maximum atomic E-state index is 12.4. The standard InChI is InChI=1S/C15H32N2O2S2/c1-7-21(18,19)14-11-20-9-8-17(14)13(12(2)3)10-16-15(4,5)6/h12-14,16H,7-11H2,1-6H3. The summed E-state index contributed by atoms with van der Waals surface area (Å²) < 4.78 is 24.8. The molecule has 0 aromatic rings. The fourth-order valence-electron chi connectivity index (χ4n) is 2.62. The Morgan fingerprint density at radius 1 is 1.33 bits per heavy atom. The lowest BCUT2D eigenvalue weighted by molar-refractivity contribution is 0.140. The molecule has 0 radical (unpaired) electrons. The van der Waals surface area contributed by atoms with E-state index in [1.165, 1.54) is 0 Å². The van der Waals surface area contributed by atoms with E-state index >= 15 is 0 Å². The van der Waals surface area contributed by atoms with Crippen LogP contribution in [-0.4, -0.2) is 60.6 Å². The zero-order chi connectivity index (χ0) is 16.3. The molecule has 0 aromatic heterocycles. The van der Waals surface area contributed by atoms with Crippen molar-refractivity contribution in [3.05, 3.63) is 0 Å². The first-order chi connectivity index (χ1) is 9.58. The van der Waals surface area contributed by atoms with Crippen molar-refractivity contribution in [2.24, 2.45) is 5.92 Å². The third-order valence-corrected chi connectivity index (χ3v) is 7.28. The van der Waals surface area contributed by atoms with Gasteiger partial charge >= 0.3 is 0 Å². The number of nitrogens with zero attached hydrogens (tertiary/aromatic N) is 1. The Hall–Kier alpha value is 0.220. The van der Waals surface area contributed by atoms with Gasteiger partial charge in [-0.05, 0) is 26.7 Å². The van der Waals surface area contributed by atoms with E-state index in [4.69, 9.17) is 0 Å². The van der Waals surface area contributed by atoms with E-state index in [2.05, 4.69) is 44.8 Å². The van der Waals surface area contributed by atoms with Crippen molar-refractivity contribution < 1.29 is 8.42 Å². The third-order valence-electron chi connectivity index (χ3n) is 3.98. The molecule has 1 aliphatic heterocycles. The molecule has 1 aliphatic rings. The highest BCUT2D eigenvalue weighted by Crippen LogP contribution is 2.26. The predicted octanol–water partition coefficient (Wildman–Crippen LogP) is 2.21. The second-order valence-corrected chi connectivity index (χ2v) is 10.8. The fraction of sp³-hybridized carbons (Fsp3) is 1.00. The predicted molar refractivity (Wildman–Crippen MR) is 93.7 cm³/mol. The van der Waals surface area contributed by atoms with Crippen LogP contribution in [0.3, 0.4) is 0 Å². The average Bonchev–Trinajstić information content (AvgIpc) is 2.37. The second kappa shape index (κ2) is 7.66. The molecule has 1 heterocycles. The van der Waals surface area contributed by atoms with Gasteiger partial charge < -0.3 is 5.32 Å². The molecule has 126 valence electrons. The van der Waals surface area contributed by atoms with E-state index in [9.17, 15) is 8.42 Å². The SMILES string of the molecule is CCS(=O)(=O)C1CSCCN1C(CNC(C)(C)C)C(C)C. The van der Waals surface area contributed by atoms with E-state index in [-0.39, 0.29) is 22.7 Å². The maximum absolute atomic E-state index is 12.4. The maximum Gasteiger partial charge on any atom is 0.166 e. The number of hydrogen-bond acceptors (Lipinski definition) is 5. The van der Waals surface area contributed by atoms with E-state index < -0.39 is 9.84 Å². The van der Waals surface area contributed by atoms with Crippen LogP contribution in [0.25, 0.3) is 0 Å². The van der Waals surface area contributed by atoms with Crippen molar-refractivity contribution in [1.29, 1.82) is 0 Å². The summed E-state index contributed by atoms with van der Waals surface area (Å²) in [6.07, 6.45) is 0. The van der Waals surface area contributed by atoms with Gasteiger partial charge in [-0.25, -0.2) is 8.42 Å². The minimum Gasteiger partial charge on any atom is -0.311 e. The van der Waals surface area contributed by atoms with Gasteiger partial charge in [0.25, 0.3) is 0 Å². The highest BCUT2D eigenvalue weighted by molar-refractivity contribution is 8.01. The van der Waals surface area contributed by atoms with Crippen LogP contribution in [0.2, 0.25) is 0 Å². The smallest absolute Gasteiger partial charge is 0.166 e. The minimum atomic E-state index is -3.03. The highest BCUT2D eigenvalue weighted by Gasteiger charge is 2.37. The van der Waals surface area contributed by atoms with Crippen LogP contribution in [0, 0.1) is 5.92 Å². The summed E-state index contributed by atoms with van der Waals surface area (Å²) in [6, 6.07) is 0.261. The first-order valence-corrected chi connectivity index (χ1v) is 10.8. The Labute approximate surface area is 135 Å². The summed E-state index contributed by atoms with van der Waals surface area (Å²) in [5, 5.41) is 3.22. The minimum absolute atomic E-state index is 0.0524. The Morgan fingerprint density at radius 2 is 1.95 bits per heavy atom. The molecule has 0 saturated carbocycles. The van der Waals surface area contributed by atoms with Crippen molar-refractivity contribution in [3.63, 3.8) is 0 Å². The molecule has 2 unspecified atom stereocenters. The largest absolute Gasteiger partial charge is 0.311 e. The molecular weight excluding hydrogens is 304 g/mol. The van der Waals surface area contributed by atoms with Crippen molar-refractivity contribution in [1.82, 2.24) is 10.2 Å². The summed E-state index contributed by atoms with van der Waals surface area (Å²) in [4.78, 5) is 2.23. The van der Waals surface area contributed by atoms with Crippen LogP contribution in [0.5, 0.6) is 0 Å². The number of hydrogen-bond donors (Lipinski definition) is 1. The quantitative estimate of drug-likeness (QED) is 0.806. The molecule has 2 atom stereocenters. The third kappa shape index (κ3) is 5.73. The van der Waals surface area contributed by atoms with E-state index in [0.29, 0.717) is 11.7 Å². The summed E-state index contributed by atoms with van der Waals surface area (Å²) in [6.45, 7) is 14.3. The topological polar surface area (TPSA) is 49.4 Å². The van der Waals surface area contributed by atoms with Crippen molar-refractivity contribution in [2.75, 3.05) is 30.3 Å². The van der Waals surface area contributed by atoms with E-state index in [0.717, 1.165) is 18.8 Å². The van der Waals surface area contributed by atoms with Gasteiger partial charge in [-0.3, -0.25) is 4.90 Å². The molecule has 1 N–H and O–H groups in total. The molecule has 6 heteroatoms. The van der Waals surface area contributed by atoms with Crippen LogP contribution >= 0.6 is 11.8 Å². The molecular formula is C15H32N2O2S2. The summed E-state index contributed by atoms with van der Waals surface area (Å²) in [5.41, 5.74) is 0.0524. The summed E-state index contributed by atoms with van der Waals surface area (Å²) >= 11 is 1.76. The summed E-state index contributed by atoms with van der Waals surface area (Å²) in [5.74, 6) is 2.38. The highest BCUT2D eigenvalue weighted by atomic mass is 32.2. The molecule has 0 bridgehead atoms. The van der Waals surface area contributed by atoms with Gasteiger partial charge in [-0.2, -0.15) is 11.8 Å². The molecule has 4 nitrogen and oxygen atoms in total. The van der Waals surface area contributed by atoms with Crippen LogP contribution in [0.15, 0.2) is 0 Å². The lowest BCUT2D eigenvalue weighted by Crippen LogP contribution is -2.58. The van der Waals surface area contributed by atoms with Crippen LogP contribution < -0.4 is 5.32 Å². The average molecular weight is 337 g/mol.